The van der Waals surface area contributed by atoms with Crippen molar-refractivity contribution < 1.29 is 4.74 Å². The second-order valence-electron chi connectivity index (χ2n) is 4.90. The third-order valence-corrected chi connectivity index (χ3v) is 3.80. The van der Waals surface area contributed by atoms with Crippen LogP contribution >= 0.6 is 0 Å². The summed E-state index contributed by atoms with van der Waals surface area (Å²) in [4.78, 5) is 4.08. The van der Waals surface area contributed by atoms with E-state index in [1.165, 1.54) is 38.5 Å². The number of nitrogens with zero attached hydrogens (tertiary/aromatic N) is 1. The molecule has 1 aromatic heterocycles. The maximum Gasteiger partial charge on any atom is 0.141 e. The Kier molecular flexibility index (Phi) is 4.37. The van der Waals surface area contributed by atoms with Crippen molar-refractivity contribution in [2.45, 2.75) is 44.6 Å². The highest BCUT2D eigenvalue weighted by Gasteiger charge is 2.23. The van der Waals surface area contributed by atoms with Gasteiger partial charge in [-0.15, -0.1) is 0 Å². The lowest BCUT2D eigenvalue weighted by Crippen LogP contribution is -2.21. The Bertz CT molecular complexity index is 346. The number of methoxy groups -OCH3 is 1. The normalized spacial score (nSPS) is 19.6. The van der Waals surface area contributed by atoms with E-state index in [4.69, 9.17) is 10.5 Å². The largest absolute Gasteiger partial charge is 0.495 e. The van der Waals surface area contributed by atoms with Crippen molar-refractivity contribution in [2.75, 3.05) is 7.11 Å². The summed E-state index contributed by atoms with van der Waals surface area (Å²) in [6, 6.07) is 2.08. The molecular formula is C14H22N2O. The first kappa shape index (κ1) is 12.4. The molecule has 0 aliphatic heterocycles. The van der Waals surface area contributed by atoms with Gasteiger partial charge in [0.1, 0.15) is 5.75 Å². The summed E-state index contributed by atoms with van der Waals surface area (Å²) in [5.41, 5.74) is 7.51. The minimum Gasteiger partial charge on any atom is -0.495 e. The topological polar surface area (TPSA) is 48.1 Å². The fourth-order valence-corrected chi connectivity index (χ4v) is 2.76. The van der Waals surface area contributed by atoms with Crippen LogP contribution in [0.4, 0.5) is 0 Å². The van der Waals surface area contributed by atoms with Gasteiger partial charge < -0.3 is 10.5 Å². The molecule has 0 bridgehead atoms. The summed E-state index contributed by atoms with van der Waals surface area (Å²) >= 11 is 0. The molecule has 94 valence electrons. The first-order chi connectivity index (χ1) is 8.33. The first-order valence-corrected chi connectivity index (χ1v) is 6.56. The van der Waals surface area contributed by atoms with E-state index >= 15 is 0 Å². The van der Waals surface area contributed by atoms with E-state index in [0.717, 1.165) is 11.3 Å². The second kappa shape index (κ2) is 6.01. The highest BCUT2D eigenvalue weighted by atomic mass is 16.5. The SMILES string of the molecule is COc1cnccc1C(N)C1CCCCCC1. The van der Waals surface area contributed by atoms with Gasteiger partial charge in [-0.3, -0.25) is 4.98 Å². The standard InChI is InChI=1S/C14H22N2O/c1-17-13-10-16-9-8-12(13)14(15)11-6-4-2-3-5-7-11/h8-11,14H,2-7,15H2,1H3. The molecule has 1 aliphatic carbocycles. The summed E-state index contributed by atoms with van der Waals surface area (Å²) in [7, 11) is 1.68. The molecule has 1 fully saturated rings. The van der Waals surface area contributed by atoms with Crippen LogP contribution in [0.5, 0.6) is 5.75 Å². The molecule has 1 saturated carbocycles. The summed E-state index contributed by atoms with van der Waals surface area (Å²) < 4.78 is 5.35. The van der Waals surface area contributed by atoms with Crippen LogP contribution in [0, 0.1) is 5.92 Å². The minimum absolute atomic E-state index is 0.0889. The Morgan fingerprint density at radius 1 is 1.29 bits per heavy atom. The molecule has 2 rings (SSSR count). The van der Waals surface area contributed by atoms with Gasteiger partial charge in [0.25, 0.3) is 0 Å². The molecule has 2 N–H and O–H groups in total. The first-order valence-electron chi connectivity index (χ1n) is 6.56. The van der Waals surface area contributed by atoms with Gasteiger partial charge in [-0.1, -0.05) is 25.7 Å². The van der Waals surface area contributed by atoms with Gasteiger partial charge in [0.2, 0.25) is 0 Å². The quantitative estimate of drug-likeness (QED) is 0.818. The maximum absolute atomic E-state index is 6.41. The molecule has 0 saturated heterocycles. The van der Waals surface area contributed by atoms with Crippen molar-refractivity contribution in [2.24, 2.45) is 11.7 Å². The predicted molar refractivity (Wildman–Crippen MR) is 68.9 cm³/mol. The molecule has 1 heterocycles. The Balaban J connectivity index is 2.14. The van der Waals surface area contributed by atoms with E-state index in [-0.39, 0.29) is 6.04 Å². The number of ether oxygens (including phenoxy) is 1. The summed E-state index contributed by atoms with van der Waals surface area (Å²) in [6.07, 6.45) is 11.4. The molecule has 1 atom stereocenters. The lowest BCUT2D eigenvalue weighted by molar-refractivity contribution is 0.358. The van der Waals surface area contributed by atoms with Crippen molar-refractivity contribution in [3.8, 4) is 5.75 Å². The highest BCUT2D eigenvalue weighted by Crippen LogP contribution is 2.35. The molecule has 0 aromatic carbocycles. The van der Waals surface area contributed by atoms with E-state index in [9.17, 15) is 0 Å². The van der Waals surface area contributed by atoms with Crippen LogP contribution < -0.4 is 10.5 Å². The number of pyridine rings is 1. The fourth-order valence-electron chi connectivity index (χ4n) is 2.76. The van der Waals surface area contributed by atoms with Gasteiger partial charge in [0, 0.05) is 17.8 Å². The average molecular weight is 234 g/mol. The molecule has 17 heavy (non-hydrogen) atoms. The lowest BCUT2D eigenvalue weighted by atomic mass is 9.88. The molecule has 3 heteroatoms. The Morgan fingerprint density at radius 3 is 2.65 bits per heavy atom. The molecule has 1 aliphatic rings. The van der Waals surface area contributed by atoms with Crippen molar-refractivity contribution in [3.63, 3.8) is 0 Å². The van der Waals surface area contributed by atoms with Crippen molar-refractivity contribution >= 4 is 0 Å². The van der Waals surface area contributed by atoms with Crippen LogP contribution in [-0.4, -0.2) is 12.1 Å². The van der Waals surface area contributed by atoms with E-state index in [2.05, 4.69) is 4.98 Å². The molecule has 0 radical (unpaired) electrons. The number of nitrogens with two attached hydrogens (primary N) is 1. The van der Waals surface area contributed by atoms with E-state index in [1.807, 2.05) is 6.07 Å². The number of hydrogen-bond donors (Lipinski definition) is 1. The van der Waals surface area contributed by atoms with E-state index in [0.29, 0.717) is 5.92 Å². The number of hydrogen-bond acceptors (Lipinski definition) is 3. The molecule has 3 nitrogen and oxygen atoms in total. The minimum atomic E-state index is 0.0889. The Morgan fingerprint density at radius 2 is 2.00 bits per heavy atom. The molecule has 0 amide bonds. The third-order valence-electron chi connectivity index (χ3n) is 3.80. The summed E-state index contributed by atoms with van der Waals surface area (Å²) in [6.45, 7) is 0. The second-order valence-corrected chi connectivity index (χ2v) is 4.90. The van der Waals surface area contributed by atoms with E-state index in [1.54, 1.807) is 19.5 Å². The zero-order chi connectivity index (χ0) is 12.1. The number of aromatic nitrogens is 1. The predicted octanol–water partition coefficient (Wildman–Crippen LogP) is 3.06. The van der Waals surface area contributed by atoms with Gasteiger partial charge in [-0.2, -0.15) is 0 Å². The van der Waals surface area contributed by atoms with Crippen LogP contribution in [0.3, 0.4) is 0 Å². The molecule has 0 spiro atoms. The molecular weight excluding hydrogens is 212 g/mol. The Labute approximate surface area is 103 Å². The fraction of sp³-hybridized carbons (Fsp3) is 0.643. The Hall–Kier alpha value is -1.09. The highest BCUT2D eigenvalue weighted by molar-refractivity contribution is 5.33. The van der Waals surface area contributed by atoms with Crippen LogP contribution in [0.2, 0.25) is 0 Å². The molecule has 1 unspecified atom stereocenters. The summed E-state index contributed by atoms with van der Waals surface area (Å²) in [5, 5.41) is 0. The lowest BCUT2D eigenvalue weighted by Gasteiger charge is -2.24. The summed E-state index contributed by atoms with van der Waals surface area (Å²) in [5.74, 6) is 1.41. The van der Waals surface area contributed by atoms with Gasteiger partial charge >= 0.3 is 0 Å². The smallest absolute Gasteiger partial charge is 0.141 e. The number of rotatable bonds is 3. The van der Waals surface area contributed by atoms with Gasteiger partial charge in [-0.25, -0.2) is 0 Å². The zero-order valence-electron chi connectivity index (χ0n) is 10.6. The third kappa shape index (κ3) is 2.97. The van der Waals surface area contributed by atoms with Crippen LogP contribution in [0.15, 0.2) is 18.5 Å². The van der Waals surface area contributed by atoms with Crippen LogP contribution in [0.25, 0.3) is 0 Å². The van der Waals surface area contributed by atoms with Crippen LogP contribution in [0.1, 0.15) is 50.1 Å². The van der Waals surface area contributed by atoms with Gasteiger partial charge in [0.05, 0.1) is 13.3 Å². The molecule has 1 aromatic rings. The van der Waals surface area contributed by atoms with Crippen LogP contribution in [-0.2, 0) is 0 Å². The average Bonchev–Trinajstić information content (AvgIpc) is 2.66. The zero-order valence-corrected chi connectivity index (χ0v) is 10.6. The van der Waals surface area contributed by atoms with Gasteiger partial charge in [0.15, 0.2) is 0 Å². The monoisotopic (exact) mass is 234 g/mol. The van der Waals surface area contributed by atoms with Gasteiger partial charge in [-0.05, 0) is 24.8 Å². The maximum atomic E-state index is 6.41. The van der Waals surface area contributed by atoms with Crippen molar-refractivity contribution in [3.05, 3.63) is 24.0 Å². The van der Waals surface area contributed by atoms with E-state index < -0.39 is 0 Å². The van der Waals surface area contributed by atoms with Crippen molar-refractivity contribution in [1.82, 2.24) is 4.98 Å². The van der Waals surface area contributed by atoms with Crippen molar-refractivity contribution in [1.29, 1.82) is 0 Å².